The molecule has 0 aliphatic carbocycles. The third-order valence-electron chi connectivity index (χ3n) is 8.85. The molecule has 0 amide bonds. The Hall–Kier alpha value is -6.88. The molecule has 0 fully saturated rings. The van der Waals surface area contributed by atoms with E-state index in [-0.39, 0.29) is 82.0 Å². The van der Waals surface area contributed by atoms with Crippen LogP contribution in [0.25, 0.3) is 21.5 Å². The van der Waals surface area contributed by atoms with Crippen molar-refractivity contribution in [3.05, 3.63) is 112 Å². The number of nitrogens with one attached hydrogen (secondary N) is 2. The van der Waals surface area contributed by atoms with Gasteiger partial charge in [-0.15, -0.1) is 20.5 Å². The second-order valence-corrected chi connectivity index (χ2v) is 17.8. The third kappa shape index (κ3) is 9.57. The lowest BCUT2D eigenvalue weighted by Gasteiger charge is -2.15. The summed E-state index contributed by atoms with van der Waals surface area (Å²) in [5, 5.41) is 63.6. The number of nitro benzene ring substituents is 2. The van der Waals surface area contributed by atoms with Gasteiger partial charge in [0.15, 0.2) is 11.5 Å². The van der Waals surface area contributed by atoms with E-state index in [1.54, 1.807) is 0 Å². The summed E-state index contributed by atoms with van der Waals surface area (Å²) in [4.78, 5) is 31.3. The summed E-state index contributed by atoms with van der Waals surface area (Å²) in [5.41, 5.74) is 2.89. The van der Waals surface area contributed by atoms with Gasteiger partial charge in [0.25, 0.3) is 31.6 Å². The van der Waals surface area contributed by atoms with Crippen molar-refractivity contribution >= 4 is 163 Å². The van der Waals surface area contributed by atoms with Crippen molar-refractivity contribution in [2.75, 3.05) is 16.4 Å². The molecule has 31 heteroatoms. The SMILES string of the molecule is Nc1cc(Nc2nc(Cl)nc(Nc3cccc4cc(S(=O)(=O)O)c(N=Nc5c(Cl)cc([N+](=O)[O-])cc5Cl)c(O)c34)n2)cc2cc(S(=O)(=O)O)c(N=Nc3c(Cl)cc([N+](=O)[O-])cc3Cl)c(O)c12. The van der Waals surface area contributed by atoms with E-state index in [4.69, 9.17) is 63.7 Å². The molecular weight excluding hydrogens is 1020 g/mol. The lowest BCUT2D eigenvalue weighted by molar-refractivity contribution is -0.385. The van der Waals surface area contributed by atoms with Crippen LogP contribution in [0.3, 0.4) is 0 Å². The molecule has 7 rings (SSSR count). The van der Waals surface area contributed by atoms with E-state index in [1.165, 1.54) is 30.3 Å². The number of halogens is 5. The van der Waals surface area contributed by atoms with Crippen LogP contribution in [0.2, 0.25) is 25.4 Å². The molecule has 8 N–H and O–H groups in total. The Morgan fingerprint density at radius 1 is 0.591 bits per heavy atom. The molecule has 0 bridgehead atoms. The van der Waals surface area contributed by atoms with E-state index in [2.05, 4.69) is 46.0 Å². The predicted octanol–water partition coefficient (Wildman–Crippen LogP) is 11.1. The quantitative estimate of drug-likeness (QED) is 0.0196. The number of phenols is 2. The van der Waals surface area contributed by atoms with Crippen LogP contribution in [0.4, 0.5) is 63.1 Å². The van der Waals surface area contributed by atoms with Crippen LogP contribution in [0.1, 0.15) is 0 Å². The Bertz CT molecular complexity index is 3530. The Morgan fingerprint density at radius 3 is 1.50 bits per heavy atom. The molecule has 0 aliphatic rings. The summed E-state index contributed by atoms with van der Waals surface area (Å²) in [6, 6.07) is 12.2. The number of hydrogen-bond donors (Lipinski definition) is 7. The molecular formula is C35H19Cl5N12O12S2. The minimum absolute atomic E-state index is 0.00260. The first-order valence-corrected chi connectivity index (χ1v) is 22.1. The van der Waals surface area contributed by atoms with Crippen molar-refractivity contribution in [2.45, 2.75) is 9.79 Å². The highest BCUT2D eigenvalue weighted by Crippen LogP contribution is 2.48. The van der Waals surface area contributed by atoms with Gasteiger partial charge in [0, 0.05) is 46.4 Å². The number of azo groups is 2. The van der Waals surface area contributed by atoms with E-state index in [1.807, 2.05) is 0 Å². The number of rotatable bonds is 12. The zero-order valence-corrected chi connectivity index (χ0v) is 37.1. The molecule has 338 valence electrons. The van der Waals surface area contributed by atoms with Gasteiger partial charge in [-0.1, -0.05) is 58.5 Å². The van der Waals surface area contributed by atoms with E-state index < -0.39 is 79.4 Å². The standard InChI is InChI=1S/C35H19Cl5N12O12S2/c36-17-8-15(51(55)56)9-18(37)27(17)47-49-29-24(66(62,63)64)6-13-4-14(7-21(41)25(13)31(29)53)42-34-44-33(40)45-35(46-34)43-22-3-1-2-12-5-23(65(59,60)61)30(32(54)26(12)22)50-48-28-19(38)10-16(52(57)58)11-20(28)39/h1-11,53-54H,41H2,(H,59,60,61)(H,62,63,64)(H2,42,43,44,45,46). The first kappa shape index (κ1) is 47.1. The molecule has 1 aromatic heterocycles. The molecule has 0 atom stereocenters. The number of nitro groups is 2. The van der Waals surface area contributed by atoms with Gasteiger partial charge in [0.2, 0.25) is 17.2 Å². The zero-order valence-electron chi connectivity index (χ0n) is 31.7. The highest BCUT2D eigenvalue weighted by atomic mass is 35.5. The normalized spacial score (nSPS) is 12.1. The van der Waals surface area contributed by atoms with Crippen molar-refractivity contribution in [1.82, 2.24) is 15.0 Å². The summed E-state index contributed by atoms with van der Waals surface area (Å²) in [6.07, 6.45) is 0. The molecule has 0 aliphatic heterocycles. The summed E-state index contributed by atoms with van der Waals surface area (Å²) >= 11 is 30.7. The van der Waals surface area contributed by atoms with Crippen molar-refractivity contribution in [3.63, 3.8) is 0 Å². The molecule has 24 nitrogen and oxygen atoms in total. The molecule has 0 unspecified atom stereocenters. The second-order valence-electron chi connectivity index (χ2n) is 13.1. The minimum atomic E-state index is -5.16. The van der Waals surface area contributed by atoms with E-state index >= 15 is 0 Å². The summed E-state index contributed by atoms with van der Waals surface area (Å²) in [6.45, 7) is 0. The molecule has 0 radical (unpaired) electrons. The van der Waals surface area contributed by atoms with Gasteiger partial charge in [-0.3, -0.25) is 29.3 Å². The largest absolute Gasteiger partial charge is 0.505 e. The van der Waals surface area contributed by atoms with Crippen molar-refractivity contribution in [2.24, 2.45) is 20.5 Å². The maximum Gasteiger partial charge on any atom is 0.296 e. The van der Waals surface area contributed by atoms with Gasteiger partial charge >= 0.3 is 0 Å². The molecule has 66 heavy (non-hydrogen) atoms. The summed E-state index contributed by atoms with van der Waals surface area (Å²) < 4.78 is 70.3. The maximum absolute atomic E-state index is 12.6. The van der Waals surface area contributed by atoms with Crippen molar-refractivity contribution in [3.8, 4) is 11.5 Å². The van der Waals surface area contributed by atoms with Gasteiger partial charge in [-0.2, -0.15) is 31.8 Å². The second kappa shape index (κ2) is 17.8. The monoisotopic (exact) mass is 1040 g/mol. The van der Waals surface area contributed by atoms with Crippen LogP contribution in [0.5, 0.6) is 11.5 Å². The fourth-order valence-corrected chi connectivity index (χ4v) is 8.68. The summed E-state index contributed by atoms with van der Waals surface area (Å²) in [5.74, 6) is -2.30. The van der Waals surface area contributed by atoms with Crippen LogP contribution in [-0.4, -0.2) is 61.0 Å². The molecule has 0 spiro atoms. The van der Waals surface area contributed by atoms with E-state index in [0.717, 1.165) is 36.4 Å². The fraction of sp³-hybridized carbons (Fsp3) is 0. The van der Waals surface area contributed by atoms with Crippen molar-refractivity contribution in [1.29, 1.82) is 0 Å². The molecule has 0 saturated heterocycles. The molecule has 1 heterocycles. The van der Waals surface area contributed by atoms with Crippen LogP contribution in [0.15, 0.2) is 97.0 Å². The third-order valence-corrected chi connectivity index (χ3v) is 11.9. The van der Waals surface area contributed by atoms with Crippen LogP contribution in [0, 0.1) is 20.2 Å². The van der Waals surface area contributed by atoms with Gasteiger partial charge in [-0.25, -0.2) is 0 Å². The number of nitrogens with two attached hydrogens (primary N) is 1. The smallest absolute Gasteiger partial charge is 0.296 e. The number of anilines is 5. The molecule has 6 aromatic carbocycles. The molecule has 0 saturated carbocycles. The Balaban J connectivity index is 1.25. The van der Waals surface area contributed by atoms with E-state index in [0.29, 0.717) is 0 Å². The lowest BCUT2D eigenvalue weighted by atomic mass is 10.1. The number of nitrogens with zero attached hydrogens (tertiary/aromatic N) is 9. The number of hydrogen-bond acceptors (Lipinski definition) is 20. The first-order chi connectivity index (χ1) is 30.9. The Morgan fingerprint density at radius 2 is 1.03 bits per heavy atom. The first-order valence-electron chi connectivity index (χ1n) is 17.3. The van der Waals surface area contributed by atoms with Crippen LogP contribution in [-0.2, 0) is 20.2 Å². The van der Waals surface area contributed by atoms with Gasteiger partial charge in [-0.05, 0) is 52.7 Å². The average molecular weight is 1040 g/mol. The zero-order chi connectivity index (χ0) is 48.2. The predicted molar refractivity (Wildman–Crippen MR) is 241 cm³/mol. The lowest BCUT2D eigenvalue weighted by Crippen LogP contribution is -2.05. The number of fused-ring (bicyclic) bond motifs is 2. The topological polar surface area (TPSA) is 374 Å². The number of nitrogen functional groups attached to an aromatic ring is 1. The average Bonchev–Trinajstić information content (AvgIpc) is 3.20. The van der Waals surface area contributed by atoms with Gasteiger partial charge < -0.3 is 26.6 Å². The van der Waals surface area contributed by atoms with Crippen molar-refractivity contribution < 1.29 is 46.0 Å². The Kier molecular flexibility index (Phi) is 12.7. The summed E-state index contributed by atoms with van der Waals surface area (Å²) in [7, 11) is -10.3. The number of non-ortho nitro benzene ring substituents is 2. The van der Waals surface area contributed by atoms with Gasteiger partial charge in [0.05, 0.1) is 35.6 Å². The Labute approximate surface area is 392 Å². The highest BCUT2D eigenvalue weighted by Gasteiger charge is 2.27. The fourth-order valence-electron chi connectivity index (χ4n) is 6.10. The number of phenolic OH excluding ortho intramolecular Hbond substituents is 2. The number of benzene rings is 6. The van der Waals surface area contributed by atoms with Gasteiger partial charge in [0.1, 0.15) is 32.5 Å². The van der Waals surface area contributed by atoms with Crippen LogP contribution >= 0.6 is 58.0 Å². The highest BCUT2D eigenvalue weighted by molar-refractivity contribution is 7.86. The minimum Gasteiger partial charge on any atom is -0.505 e. The maximum atomic E-state index is 12.6. The number of aromatic hydroxyl groups is 2. The number of aromatic nitrogens is 3. The van der Waals surface area contributed by atoms with Crippen LogP contribution < -0.4 is 16.4 Å². The molecule has 7 aromatic rings. The van der Waals surface area contributed by atoms with E-state index in [9.17, 15) is 56.4 Å².